The average molecular weight is 933 g/mol. The van der Waals surface area contributed by atoms with Gasteiger partial charge in [-0.15, -0.1) is 0 Å². The monoisotopic (exact) mass is 932 g/mol. The molecular weight excluding hydrogens is 895 g/mol. The lowest BCUT2D eigenvalue weighted by Crippen LogP contribution is -2.35. The van der Waals surface area contributed by atoms with Crippen molar-refractivity contribution in [2.45, 2.75) is 0 Å². The van der Waals surface area contributed by atoms with E-state index in [9.17, 15) is 0 Å². The van der Waals surface area contributed by atoms with Crippen molar-refractivity contribution < 1.29 is 23.5 Å². The molecule has 4 heterocycles. The summed E-state index contributed by atoms with van der Waals surface area (Å²) in [6.45, 7) is 0. The Hall–Kier alpha value is -7.72. The highest BCUT2D eigenvalue weighted by Crippen LogP contribution is 2.60. The number of benzene rings is 10. The maximum atomic E-state index is 15.3. The highest BCUT2D eigenvalue weighted by molar-refractivity contribution is 8.26. The summed E-state index contributed by atoms with van der Waals surface area (Å²) in [5.41, 5.74) is 8.76. The molecule has 5 nitrogen and oxygen atoms in total. The van der Waals surface area contributed by atoms with Crippen molar-refractivity contribution >= 4 is 56.8 Å². The Morgan fingerprint density at radius 2 is 0.544 bits per heavy atom. The van der Waals surface area contributed by atoms with E-state index in [0.717, 1.165) is 83.4 Å². The van der Waals surface area contributed by atoms with E-state index in [-0.39, 0.29) is 0 Å². The summed E-state index contributed by atoms with van der Waals surface area (Å²) >= 11 is 6.73. The molecular formula is C60H38O5P2S. The van der Waals surface area contributed by atoms with Gasteiger partial charge in [0.15, 0.2) is 7.14 Å². The first kappa shape index (κ1) is 40.5. The molecule has 14 rings (SSSR count). The van der Waals surface area contributed by atoms with Gasteiger partial charge in [0, 0.05) is 10.6 Å². The van der Waals surface area contributed by atoms with Crippen LogP contribution < -0.4 is 50.8 Å². The van der Waals surface area contributed by atoms with Gasteiger partial charge in [0.1, 0.15) is 51.3 Å². The SMILES string of the molecule is O=P12c3cc(-c4ccccc4)ccc3Oc3cccc(c31)Oc1ccc(-c3ccccc3)cc12.S=P12c3cc(-c4ccccc4)ccc3Oc3cccc(c31)Oc1ccc(-c3ccccc3)cc12. The van der Waals surface area contributed by atoms with E-state index in [2.05, 4.69) is 109 Å². The number of hydrogen-bond donors (Lipinski definition) is 0. The molecule has 0 atom stereocenters. The van der Waals surface area contributed by atoms with Gasteiger partial charge in [-0.05, 0) is 117 Å². The zero-order chi connectivity index (χ0) is 45.4. The van der Waals surface area contributed by atoms with Crippen LogP contribution in [0.25, 0.3) is 44.5 Å². The van der Waals surface area contributed by atoms with Crippen molar-refractivity contribution in [3.8, 4) is 90.5 Å². The quantitative estimate of drug-likeness (QED) is 0.164. The van der Waals surface area contributed by atoms with Gasteiger partial charge >= 0.3 is 0 Å². The minimum Gasteiger partial charge on any atom is -0.456 e. The molecule has 0 radical (unpaired) electrons. The Balaban J connectivity index is 0.000000134. The first-order valence-electron chi connectivity index (χ1n) is 22.4. The fraction of sp³-hybridized carbons (Fsp3) is 0. The molecule has 68 heavy (non-hydrogen) atoms. The highest BCUT2D eigenvalue weighted by atomic mass is 32.4. The smallest absolute Gasteiger partial charge is 0.185 e. The molecule has 324 valence electrons. The summed E-state index contributed by atoms with van der Waals surface area (Å²) in [6, 6.07) is 75.1. The van der Waals surface area contributed by atoms with E-state index in [4.69, 9.17) is 30.8 Å². The molecule has 0 saturated heterocycles. The van der Waals surface area contributed by atoms with Crippen LogP contribution in [0.3, 0.4) is 0 Å². The van der Waals surface area contributed by atoms with Crippen LogP contribution in [0.15, 0.2) is 231 Å². The third-order valence-corrected chi connectivity index (χ3v) is 21.0. The predicted molar refractivity (Wildman–Crippen MR) is 280 cm³/mol. The molecule has 0 bridgehead atoms. The second-order valence-corrected chi connectivity index (χ2v) is 23.9. The Labute approximate surface area is 399 Å². The Morgan fingerprint density at radius 3 is 0.868 bits per heavy atom. The zero-order valence-corrected chi connectivity index (χ0v) is 38.9. The summed E-state index contributed by atoms with van der Waals surface area (Å²) in [6.07, 6.45) is 0. The zero-order valence-electron chi connectivity index (χ0n) is 36.3. The van der Waals surface area contributed by atoms with Crippen molar-refractivity contribution in [1.82, 2.24) is 0 Å². The second-order valence-electron chi connectivity index (χ2n) is 17.0. The van der Waals surface area contributed by atoms with Gasteiger partial charge in [-0.3, -0.25) is 0 Å². The van der Waals surface area contributed by atoms with Crippen LogP contribution in [0.5, 0.6) is 46.0 Å². The van der Waals surface area contributed by atoms with Crippen molar-refractivity contribution in [2.24, 2.45) is 0 Å². The molecule has 10 aromatic carbocycles. The van der Waals surface area contributed by atoms with Crippen molar-refractivity contribution in [3.05, 3.63) is 231 Å². The summed E-state index contributed by atoms with van der Waals surface area (Å²) in [4.78, 5) is 0. The van der Waals surface area contributed by atoms with Gasteiger partial charge in [-0.25, -0.2) is 0 Å². The number of rotatable bonds is 4. The molecule has 0 aliphatic carbocycles. The molecule has 0 unspecified atom stereocenters. The fourth-order valence-electron chi connectivity index (χ4n) is 9.81. The van der Waals surface area contributed by atoms with E-state index in [1.165, 1.54) is 0 Å². The Kier molecular flexibility index (Phi) is 9.52. The van der Waals surface area contributed by atoms with Gasteiger partial charge in [-0.1, -0.05) is 170 Å². The van der Waals surface area contributed by atoms with Crippen LogP contribution in [0, 0.1) is 0 Å². The first-order chi connectivity index (χ1) is 33.4. The molecule has 0 fully saturated rings. The molecule has 10 aromatic rings. The highest BCUT2D eigenvalue weighted by Gasteiger charge is 2.47. The molecule has 4 aliphatic heterocycles. The van der Waals surface area contributed by atoms with Crippen LogP contribution in [-0.4, -0.2) is 0 Å². The third kappa shape index (κ3) is 6.44. The molecule has 8 heteroatoms. The number of hydrogen-bond acceptors (Lipinski definition) is 6. The van der Waals surface area contributed by atoms with Crippen LogP contribution in [0.1, 0.15) is 0 Å². The average Bonchev–Trinajstić information content (AvgIpc) is 3.40. The van der Waals surface area contributed by atoms with Crippen molar-refractivity contribution in [3.63, 3.8) is 0 Å². The van der Waals surface area contributed by atoms with Gasteiger partial charge in [0.2, 0.25) is 0 Å². The van der Waals surface area contributed by atoms with E-state index in [0.29, 0.717) is 38.9 Å². The van der Waals surface area contributed by atoms with Gasteiger partial charge in [0.05, 0.1) is 22.0 Å². The normalized spacial score (nSPS) is 14.1. The second kappa shape index (κ2) is 16.0. The van der Waals surface area contributed by atoms with Gasteiger partial charge in [0.25, 0.3) is 0 Å². The first-order valence-corrected chi connectivity index (χ1v) is 26.9. The standard InChI is InChI=1S/C30H19O3P.C30H19O2PS/c31-34-28-18-22(20-8-3-1-4-9-20)14-16-24(28)32-26-12-7-13-27(30(26)34)33-25-17-15-23(19-29(25)34)21-10-5-2-6-11-21;34-33-28-18-22(20-8-3-1-4-9-20)14-16-24(28)31-26-12-7-13-27(30(26)33)32-25-17-15-23(19-29(25)33)21-10-5-2-6-11-21/h2*1-19H. The lowest BCUT2D eigenvalue weighted by Gasteiger charge is -2.37. The number of fused-ring (bicyclic) bond motifs is 8. The Bertz CT molecular complexity index is 3270. The molecule has 0 N–H and O–H groups in total. The topological polar surface area (TPSA) is 54.0 Å². The lowest BCUT2D eigenvalue weighted by molar-refractivity contribution is 0.461. The maximum absolute atomic E-state index is 15.3. The lowest BCUT2D eigenvalue weighted by atomic mass is 10.1. The minimum absolute atomic E-state index is 0.594. The van der Waals surface area contributed by atoms with Crippen molar-refractivity contribution in [1.29, 1.82) is 0 Å². The van der Waals surface area contributed by atoms with Gasteiger partial charge in [-0.2, -0.15) is 0 Å². The van der Waals surface area contributed by atoms with E-state index in [1.807, 2.05) is 121 Å². The fourth-order valence-corrected chi connectivity index (χ4v) is 17.4. The van der Waals surface area contributed by atoms with E-state index < -0.39 is 13.2 Å². The van der Waals surface area contributed by atoms with Crippen LogP contribution in [0.4, 0.5) is 0 Å². The van der Waals surface area contributed by atoms with E-state index in [1.54, 1.807) is 0 Å². The summed E-state index contributed by atoms with van der Waals surface area (Å²) in [5.74, 6) is 5.73. The van der Waals surface area contributed by atoms with E-state index >= 15 is 4.57 Å². The molecule has 0 saturated carbocycles. The summed E-state index contributed by atoms with van der Waals surface area (Å²) < 4.78 is 40.6. The molecule has 0 spiro atoms. The summed E-state index contributed by atoms with van der Waals surface area (Å²) in [5, 5.41) is 5.25. The number of ether oxygens (including phenoxy) is 4. The van der Waals surface area contributed by atoms with Crippen molar-refractivity contribution in [2.75, 3.05) is 0 Å². The maximum Gasteiger partial charge on any atom is 0.185 e. The minimum atomic E-state index is -3.26. The van der Waals surface area contributed by atoms with Crippen LogP contribution in [0.2, 0.25) is 0 Å². The van der Waals surface area contributed by atoms with Crippen LogP contribution >= 0.6 is 13.2 Å². The molecule has 0 amide bonds. The molecule has 0 aromatic heterocycles. The summed E-state index contributed by atoms with van der Waals surface area (Å²) in [7, 11) is -3.26. The van der Waals surface area contributed by atoms with Gasteiger partial charge < -0.3 is 23.5 Å². The van der Waals surface area contributed by atoms with Crippen LogP contribution in [-0.2, 0) is 16.4 Å². The molecule has 4 aliphatic rings. The predicted octanol–water partition coefficient (Wildman–Crippen LogP) is 13.9. The Morgan fingerprint density at radius 1 is 0.265 bits per heavy atom. The largest absolute Gasteiger partial charge is 0.456 e. The third-order valence-electron chi connectivity index (χ3n) is 13.1.